The molecule has 0 aromatic heterocycles. The lowest BCUT2D eigenvalue weighted by Crippen LogP contribution is -2.67. The highest BCUT2D eigenvalue weighted by Crippen LogP contribution is 2.59. The maximum absolute atomic E-state index is 13.3. The molecule has 0 aromatic carbocycles. The van der Waals surface area contributed by atoms with Crippen molar-refractivity contribution < 1.29 is 107 Å². The fourth-order valence-corrected chi connectivity index (χ4v) is 8.26. The summed E-state index contributed by atoms with van der Waals surface area (Å²) in [4.78, 5) is 12.2. The van der Waals surface area contributed by atoms with Crippen molar-refractivity contribution in [1.82, 2.24) is 4.72 Å². The Bertz CT molecular complexity index is 1380. The third kappa shape index (κ3) is 9.20. The Morgan fingerprint density at radius 2 is 1.05 bits per heavy atom. The van der Waals surface area contributed by atoms with Crippen molar-refractivity contribution in [3.63, 3.8) is 0 Å². The van der Waals surface area contributed by atoms with Crippen molar-refractivity contribution in [3.8, 4) is 0 Å². The summed E-state index contributed by atoms with van der Waals surface area (Å²) in [6, 6.07) is 0. The maximum atomic E-state index is 13.3. The van der Waals surface area contributed by atoms with Crippen molar-refractivity contribution in [3.05, 3.63) is 0 Å². The SMILES string of the molecule is CC1C2CC(CNS(=O)(=O)C(F)(F)F)C(C2)C1C.CCC(C)(C(=O)OC1CC(C(O)(C(F)(F)F)C(F)(F)F)CC(C(O)(C(F)(F)F)C(F)(F)F)C1)C(F)(F)F. The minimum absolute atomic E-state index is 0.0540. The van der Waals surface area contributed by atoms with Crippen molar-refractivity contribution in [1.29, 1.82) is 0 Å². The second-order valence-corrected chi connectivity index (χ2v) is 16.3. The Kier molecular flexibility index (Phi) is 13.7. The van der Waals surface area contributed by atoms with Crippen LogP contribution in [0.2, 0.25) is 0 Å². The zero-order valence-electron chi connectivity index (χ0n) is 28.8. The smallest absolute Gasteiger partial charge is 0.462 e. The first-order chi connectivity index (χ1) is 24.2. The van der Waals surface area contributed by atoms with E-state index in [1.54, 1.807) is 4.72 Å². The molecule has 3 rings (SSSR count). The molecule has 3 saturated carbocycles. The van der Waals surface area contributed by atoms with Crippen molar-refractivity contribution in [2.45, 2.75) is 120 Å². The topological polar surface area (TPSA) is 113 Å². The lowest BCUT2D eigenvalue weighted by atomic mass is 9.65. The number of carbonyl (C=O) groups excluding carboxylic acids is 1. The second kappa shape index (κ2) is 15.3. The molecule has 0 heterocycles. The van der Waals surface area contributed by atoms with Gasteiger partial charge in [-0.05, 0) is 75.0 Å². The first-order valence-electron chi connectivity index (χ1n) is 16.2. The summed E-state index contributed by atoms with van der Waals surface area (Å²) in [5.74, 6) is -7.71. The summed E-state index contributed by atoms with van der Waals surface area (Å²) in [5, 5.41) is 19.1. The molecule has 0 saturated heterocycles. The first-order valence-corrected chi connectivity index (χ1v) is 17.7. The largest absolute Gasteiger partial charge is 0.511 e. The number of esters is 1. The van der Waals surface area contributed by atoms with Gasteiger partial charge in [0.05, 0.1) is 0 Å². The van der Waals surface area contributed by atoms with E-state index in [1.807, 2.05) is 0 Å². The monoisotopic (exact) mass is 869 g/mol. The highest BCUT2D eigenvalue weighted by atomic mass is 32.2. The van der Waals surface area contributed by atoms with Crippen LogP contribution in [0.3, 0.4) is 0 Å². The van der Waals surface area contributed by atoms with Crippen LogP contribution in [0.5, 0.6) is 0 Å². The van der Waals surface area contributed by atoms with Gasteiger partial charge in [0.1, 0.15) is 6.10 Å². The molecular weight excluding hydrogens is 832 g/mol. The highest BCUT2D eigenvalue weighted by Gasteiger charge is 2.78. The number of sulfonamides is 1. The van der Waals surface area contributed by atoms with Gasteiger partial charge in [0.2, 0.25) is 0 Å². The fraction of sp³-hybridized carbons (Fsp3) is 0.966. The van der Waals surface area contributed by atoms with Crippen molar-refractivity contribution >= 4 is 16.0 Å². The van der Waals surface area contributed by atoms with Crippen LogP contribution in [0.4, 0.5) is 79.0 Å². The number of aliphatic hydroxyl groups is 2. The minimum atomic E-state index is -6.77. The van der Waals surface area contributed by atoms with Crippen LogP contribution in [0, 0.1) is 46.8 Å². The molecule has 3 aliphatic carbocycles. The Morgan fingerprint density at radius 3 is 1.35 bits per heavy atom. The summed E-state index contributed by atoms with van der Waals surface area (Å²) in [6.45, 7) is 5.10. The number of hydrogen-bond donors (Lipinski definition) is 3. The number of ether oxygens (including phenoxy) is 1. The van der Waals surface area contributed by atoms with E-state index in [0.29, 0.717) is 23.7 Å². The number of fused-ring (bicyclic) bond motifs is 2. The molecule has 3 N–H and O–H groups in total. The van der Waals surface area contributed by atoms with E-state index in [0.717, 1.165) is 19.8 Å². The zero-order valence-corrected chi connectivity index (χ0v) is 29.6. The molecule has 26 heteroatoms. The molecular formula is C29H37F18NO6S. The van der Waals surface area contributed by atoms with E-state index in [9.17, 15) is 102 Å². The van der Waals surface area contributed by atoms with Crippen LogP contribution in [0.25, 0.3) is 0 Å². The fourth-order valence-electron chi connectivity index (χ4n) is 7.66. The van der Waals surface area contributed by atoms with Crippen LogP contribution in [0.1, 0.15) is 66.2 Å². The molecule has 8 atom stereocenters. The normalized spacial score (nSPS) is 30.0. The van der Waals surface area contributed by atoms with Crippen LogP contribution in [-0.2, 0) is 19.6 Å². The van der Waals surface area contributed by atoms with Gasteiger partial charge in [-0.1, -0.05) is 20.8 Å². The van der Waals surface area contributed by atoms with Gasteiger partial charge in [-0.2, -0.15) is 79.0 Å². The van der Waals surface area contributed by atoms with Gasteiger partial charge < -0.3 is 14.9 Å². The Morgan fingerprint density at radius 1 is 0.655 bits per heavy atom. The van der Waals surface area contributed by atoms with E-state index in [-0.39, 0.29) is 19.4 Å². The second-order valence-electron chi connectivity index (χ2n) is 14.5. The number of halogens is 18. The predicted molar refractivity (Wildman–Crippen MR) is 150 cm³/mol. The number of carbonyl (C=O) groups is 1. The molecule has 0 spiro atoms. The number of alkyl halides is 18. The van der Waals surface area contributed by atoms with Gasteiger partial charge in [0, 0.05) is 18.4 Å². The average molecular weight is 870 g/mol. The third-order valence-electron chi connectivity index (χ3n) is 11.5. The summed E-state index contributed by atoms with van der Waals surface area (Å²) in [6.07, 6.45) is -41.0. The van der Waals surface area contributed by atoms with Crippen LogP contribution >= 0.6 is 0 Å². The first kappa shape index (κ1) is 49.2. The van der Waals surface area contributed by atoms with Crippen LogP contribution in [-0.4, -0.2) is 84.8 Å². The van der Waals surface area contributed by atoms with Gasteiger partial charge in [0.15, 0.2) is 5.41 Å². The molecule has 7 nitrogen and oxygen atoms in total. The average Bonchev–Trinajstić information content (AvgIpc) is 3.53. The van der Waals surface area contributed by atoms with Gasteiger partial charge in [-0.3, -0.25) is 4.79 Å². The Balaban J connectivity index is 0.000000480. The molecule has 2 bridgehead atoms. The third-order valence-corrected chi connectivity index (χ3v) is 12.7. The molecule has 0 amide bonds. The molecule has 0 aromatic rings. The lowest BCUT2D eigenvalue weighted by molar-refractivity contribution is -0.405. The molecule has 0 aliphatic heterocycles. The van der Waals surface area contributed by atoms with E-state index in [4.69, 9.17) is 0 Å². The zero-order chi connectivity index (χ0) is 43.6. The summed E-state index contributed by atoms with van der Waals surface area (Å²) in [5.41, 5.74) is -20.7. The molecule has 8 unspecified atom stereocenters. The van der Waals surface area contributed by atoms with Crippen molar-refractivity contribution in [2.75, 3.05) is 6.54 Å². The van der Waals surface area contributed by atoms with Crippen molar-refractivity contribution in [2.24, 2.45) is 46.8 Å². The maximum Gasteiger partial charge on any atom is 0.511 e. The Hall–Kier alpha value is -1.96. The standard InChI is InChI=1S/C18H19F15O4.C11H18F3NO2S/c1-3-11(2,14(19,20)21)10(34)37-9-5-7(12(35,15(22,23)24)16(25,26)27)4-8(6-9)13(36,17(28,29)30)18(31,32)33;1-6-7(2)10-4-8(6)3-9(10)5-15-18(16,17)11(12,13)14/h7-9,35-36H,3-6H2,1-2H3;6-10,15H,3-5H2,1-2H3. The van der Waals surface area contributed by atoms with Crippen LogP contribution < -0.4 is 4.72 Å². The quantitative estimate of drug-likeness (QED) is 0.167. The highest BCUT2D eigenvalue weighted by molar-refractivity contribution is 7.90. The molecule has 3 fully saturated rings. The van der Waals surface area contributed by atoms with E-state index in [1.165, 1.54) is 0 Å². The minimum Gasteiger partial charge on any atom is -0.462 e. The summed E-state index contributed by atoms with van der Waals surface area (Å²) < 4.78 is 264. The molecule has 3 aliphatic rings. The number of hydrogen-bond acceptors (Lipinski definition) is 6. The van der Waals surface area contributed by atoms with E-state index >= 15 is 0 Å². The van der Waals surface area contributed by atoms with Gasteiger partial charge in [-0.25, -0.2) is 13.1 Å². The molecule has 0 radical (unpaired) electrons. The summed E-state index contributed by atoms with van der Waals surface area (Å²) >= 11 is 0. The molecule has 55 heavy (non-hydrogen) atoms. The number of nitrogens with one attached hydrogen (secondary N) is 1. The van der Waals surface area contributed by atoms with Gasteiger partial charge >= 0.3 is 52.4 Å². The van der Waals surface area contributed by atoms with E-state index < -0.39 is 113 Å². The molecule has 326 valence electrons. The van der Waals surface area contributed by atoms with E-state index in [2.05, 4.69) is 18.6 Å². The number of rotatable bonds is 8. The van der Waals surface area contributed by atoms with Crippen LogP contribution in [0.15, 0.2) is 0 Å². The Labute approximate surface area is 301 Å². The lowest BCUT2D eigenvalue weighted by Gasteiger charge is -2.48. The summed E-state index contributed by atoms with van der Waals surface area (Å²) in [7, 11) is -5.18. The van der Waals surface area contributed by atoms with Gasteiger partial charge in [0.25, 0.3) is 11.2 Å². The predicted octanol–water partition coefficient (Wildman–Crippen LogP) is 8.36. The van der Waals surface area contributed by atoms with Gasteiger partial charge in [-0.15, -0.1) is 0 Å².